The van der Waals surface area contributed by atoms with Gasteiger partial charge < -0.3 is 9.47 Å². The average molecular weight is 303 g/mol. The van der Waals surface area contributed by atoms with E-state index < -0.39 is 0 Å². The Kier molecular flexibility index (Phi) is 4.47. The van der Waals surface area contributed by atoms with Gasteiger partial charge in [-0.3, -0.25) is 0 Å². The molecule has 0 saturated carbocycles. The molecule has 2 aromatic rings. The van der Waals surface area contributed by atoms with Gasteiger partial charge in [0.2, 0.25) is 0 Å². The van der Waals surface area contributed by atoms with Gasteiger partial charge in [-0.25, -0.2) is 0 Å². The van der Waals surface area contributed by atoms with Crippen LogP contribution in [0.3, 0.4) is 0 Å². The molecule has 1 aliphatic heterocycles. The molecule has 3 atom stereocenters. The first kappa shape index (κ1) is 14.4. The normalized spacial score (nSPS) is 25.5. The zero-order valence-corrected chi connectivity index (χ0v) is 12.8. The third kappa shape index (κ3) is 3.58. The van der Waals surface area contributed by atoms with Gasteiger partial charge in [0.15, 0.2) is 6.29 Å². The van der Waals surface area contributed by atoms with Crippen molar-refractivity contribution in [3.05, 3.63) is 65.2 Å². The van der Waals surface area contributed by atoms with E-state index in [4.69, 9.17) is 21.1 Å². The van der Waals surface area contributed by atoms with E-state index in [1.54, 1.807) is 0 Å². The summed E-state index contributed by atoms with van der Waals surface area (Å²) < 4.78 is 11.8. The van der Waals surface area contributed by atoms with Crippen molar-refractivity contribution in [2.45, 2.75) is 25.6 Å². The van der Waals surface area contributed by atoms with E-state index >= 15 is 0 Å². The van der Waals surface area contributed by atoms with Crippen molar-refractivity contribution >= 4 is 11.6 Å². The summed E-state index contributed by atoms with van der Waals surface area (Å²) >= 11 is 5.89. The Hall–Kier alpha value is -1.51. The molecule has 110 valence electrons. The van der Waals surface area contributed by atoms with Gasteiger partial charge in [-0.2, -0.15) is 0 Å². The van der Waals surface area contributed by atoms with Crippen molar-refractivity contribution in [1.82, 2.24) is 0 Å². The minimum atomic E-state index is -0.201. The molecular weight excluding hydrogens is 284 g/mol. The lowest BCUT2D eigenvalue weighted by atomic mass is 9.83. The molecule has 0 spiro atoms. The monoisotopic (exact) mass is 302 g/mol. The summed E-state index contributed by atoms with van der Waals surface area (Å²) in [7, 11) is 0. The van der Waals surface area contributed by atoms with Crippen LogP contribution in [0.15, 0.2) is 54.6 Å². The summed E-state index contributed by atoms with van der Waals surface area (Å²) in [5.41, 5.74) is 1.36. The summed E-state index contributed by atoms with van der Waals surface area (Å²) in [5, 5.41) is 0.711. The van der Waals surface area contributed by atoms with Gasteiger partial charge >= 0.3 is 0 Å². The van der Waals surface area contributed by atoms with E-state index in [-0.39, 0.29) is 6.29 Å². The SMILES string of the molecule is CC1COC(Oc2ccc(Cl)cc2)CC1c1ccccc1. The lowest BCUT2D eigenvalue weighted by Crippen LogP contribution is -2.34. The molecular formula is C18H19ClO2. The van der Waals surface area contributed by atoms with Crippen LogP contribution in [-0.4, -0.2) is 12.9 Å². The number of halogens is 1. The molecule has 1 saturated heterocycles. The molecule has 21 heavy (non-hydrogen) atoms. The number of hydrogen-bond acceptors (Lipinski definition) is 2. The highest BCUT2D eigenvalue weighted by Gasteiger charge is 2.30. The van der Waals surface area contributed by atoms with Gasteiger partial charge in [-0.15, -0.1) is 0 Å². The van der Waals surface area contributed by atoms with E-state index in [1.165, 1.54) is 5.56 Å². The first-order chi connectivity index (χ1) is 10.2. The molecule has 0 N–H and O–H groups in total. The third-order valence-corrected chi connectivity index (χ3v) is 4.24. The van der Waals surface area contributed by atoms with Gasteiger partial charge in [0.25, 0.3) is 0 Å². The first-order valence-electron chi connectivity index (χ1n) is 7.31. The fourth-order valence-corrected chi connectivity index (χ4v) is 2.92. The highest BCUT2D eigenvalue weighted by molar-refractivity contribution is 6.30. The van der Waals surface area contributed by atoms with E-state index in [0.717, 1.165) is 18.8 Å². The smallest absolute Gasteiger partial charge is 0.200 e. The van der Waals surface area contributed by atoms with Crippen molar-refractivity contribution in [3.8, 4) is 5.75 Å². The Balaban J connectivity index is 1.69. The number of benzene rings is 2. The first-order valence-corrected chi connectivity index (χ1v) is 7.69. The molecule has 2 aromatic carbocycles. The molecule has 0 radical (unpaired) electrons. The Bertz CT molecular complexity index is 568. The summed E-state index contributed by atoms with van der Waals surface area (Å²) in [6.45, 7) is 2.95. The fourth-order valence-electron chi connectivity index (χ4n) is 2.79. The Morgan fingerprint density at radius 3 is 2.48 bits per heavy atom. The number of hydrogen-bond donors (Lipinski definition) is 0. The van der Waals surface area contributed by atoms with Crippen LogP contribution in [0.25, 0.3) is 0 Å². The highest BCUT2D eigenvalue weighted by Crippen LogP contribution is 2.35. The Morgan fingerprint density at radius 1 is 1.05 bits per heavy atom. The number of ether oxygens (including phenoxy) is 2. The van der Waals surface area contributed by atoms with Crippen LogP contribution in [0.4, 0.5) is 0 Å². The second-order valence-electron chi connectivity index (χ2n) is 5.56. The van der Waals surface area contributed by atoms with Gasteiger partial charge in [0, 0.05) is 11.4 Å². The second-order valence-corrected chi connectivity index (χ2v) is 6.00. The summed E-state index contributed by atoms with van der Waals surface area (Å²) in [6.07, 6.45) is 0.668. The van der Waals surface area contributed by atoms with E-state index in [2.05, 4.69) is 37.3 Å². The van der Waals surface area contributed by atoms with Crippen molar-refractivity contribution in [2.75, 3.05) is 6.61 Å². The predicted octanol–water partition coefficient (Wildman–Crippen LogP) is 4.89. The van der Waals surface area contributed by atoms with E-state index in [1.807, 2.05) is 24.3 Å². The van der Waals surface area contributed by atoms with Crippen LogP contribution >= 0.6 is 11.6 Å². The van der Waals surface area contributed by atoms with Crippen molar-refractivity contribution < 1.29 is 9.47 Å². The zero-order chi connectivity index (χ0) is 14.7. The molecule has 2 nitrogen and oxygen atoms in total. The maximum absolute atomic E-state index is 5.93. The lowest BCUT2D eigenvalue weighted by molar-refractivity contribution is -0.128. The highest BCUT2D eigenvalue weighted by atomic mass is 35.5. The van der Waals surface area contributed by atoms with Crippen molar-refractivity contribution in [1.29, 1.82) is 0 Å². The maximum Gasteiger partial charge on any atom is 0.200 e. The summed E-state index contributed by atoms with van der Waals surface area (Å²) in [4.78, 5) is 0. The van der Waals surface area contributed by atoms with Gasteiger partial charge in [-0.05, 0) is 41.7 Å². The molecule has 1 aliphatic rings. The summed E-state index contributed by atoms with van der Waals surface area (Å²) in [6, 6.07) is 18.0. The molecule has 0 bridgehead atoms. The van der Waals surface area contributed by atoms with Crippen LogP contribution < -0.4 is 4.74 Å². The van der Waals surface area contributed by atoms with E-state index in [9.17, 15) is 0 Å². The molecule has 0 amide bonds. The molecule has 0 aromatic heterocycles. The topological polar surface area (TPSA) is 18.5 Å². The molecule has 3 rings (SSSR count). The van der Waals surface area contributed by atoms with Crippen LogP contribution in [0.5, 0.6) is 5.75 Å². The van der Waals surface area contributed by atoms with E-state index in [0.29, 0.717) is 16.9 Å². The maximum atomic E-state index is 5.93. The van der Waals surface area contributed by atoms with Gasteiger partial charge in [0.05, 0.1) is 6.61 Å². The van der Waals surface area contributed by atoms with Crippen LogP contribution in [0.1, 0.15) is 24.8 Å². The fraction of sp³-hybridized carbons (Fsp3) is 0.333. The summed E-state index contributed by atoms with van der Waals surface area (Å²) in [5.74, 6) is 1.76. The predicted molar refractivity (Wildman–Crippen MR) is 84.8 cm³/mol. The average Bonchev–Trinajstić information content (AvgIpc) is 2.52. The standard InChI is InChI=1S/C18H19ClO2/c1-13-12-20-18(21-16-9-7-15(19)8-10-16)11-17(13)14-5-3-2-4-6-14/h2-10,13,17-18H,11-12H2,1H3. The van der Waals surface area contributed by atoms with Crippen LogP contribution in [-0.2, 0) is 4.74 Å². The molecule has 1 heterocycles. The van der Waals surface area contributed by atoms with Crippen molar-refractivity contribution in [2.24, 2.45) is 5.92 Å². The van der Waals surface area contributed by atoms with Crippen LogP contribution in [0.2, 0.25) is 5.02 Å². The van der Waals surface area contributed by atoms with Gasteiger partial charge in [-0.1, -0.05) is 48.9 Å². The lowest BCUT2D eigenvalue weighted by Gasteiger charge is -2.34. The quantitative estimate of drug-likeness (QED) is 0.804. The largest absolute Gasteiger partial charge is 0.465 e. The molecule has 3 unspecified atom stereocenters. The van der Waals surface area contributed by atoms with Crippen LogP contribution in [0, 0.1) is 5.92 Å². The molecule has 1 fully saturated rings. The number of rotatable bonds is 3. The minimum Gasteiger partial charge on any atom is -0.465 e. The zero-order valence-electron chi connectivity index (χ0n) is 12.0. The minimum absolute atomic E-state index is 0.201. The molecule has 0 aliphatic carbocycles. The Morgan fingerprint density at radius 2 is 1.76 bits per heavy atom. The Labute approximate surface area is 130 Å². The molecule has 3 heteroatoms. The van der Waals surface area contributed by atoms with Crippen molar-refractivity contribution in [3.63, 3.8) is 0 Å². The third-order valence-electron chi connectivity index (χ3n) is 3.99. The second kappa shape index (κ2) is 6.50. The van der Waals surface area contributed by atoms with Gasteiger partial charge in [0.1, 0.15) is 5.75 Å².